The fourth-order valence-corrected chi connectivity index (χ4v) is 3.02. The van der Waals surface area contributed by atoms with Gasteiger partial charge in [-0.1, -0.05) is 31.0 Å². The Morgan fingerprint density at radius 1 is 1.24 bits per heavy atom. The van der Waals surface area contributed by atoms with E-state index in [9.17, 15) is 0 Å². The van der Waals surface area contributed by atoms with Gasteiger partial charge >= 0.3 is 0 Å². The molecular formula is C16H25N. The third kappa shape index (κ3) is 2.90. The molecule has 0 aliphatic heterocycles. The van der Waals surface area contributed by atoms with E-state index in [1.54, 1.807) is 11.1 Å². The summed E-state index contributed by atoms with van der Waals surface area (Å²) in [6.45, 7) is 7.87. The first-order valence-corrected chi connectivity index (χ1v) is 7.05. The molecule has 1 aliphatic rings. The van der Waals surface area contributed by atoms with Crippen molar-refractivity contribution in [2.75, 3.05) is 6.54 Å². The van der Waals surface area contributed by atoms with Crippen LogP contribution in [0.1, 0.15) is 60.9 Å². The molecule has 0 fully saturated rings. The molecule has 17 heavy (non-hydrogen) atoms. The van der Waals surface area contributed by atoms with Gasteiger partial charge in [0.1, 0.15) is 0 Å². The molecule has 0 aromatic heterocycles. The summed E-state index contributed by atoms with van der Waals surface area (Å²) in [5.74, 6) is 0. The summed E-state index contributed by atoms with van der Waals surface area (Å²) >= 11 is 0. The number of nitrogens with one attached hydrogen (secondary N) is 1. The van der Waals surface area contributed by atoms with E-state index in [-0.39, 0.29) is 0 Å². The molecule has 0 heterocycles. The molecule has 1 nitrogen and oxygen atoms in total. The van der Waals surface area contributed by atoms with Crippen molar-refractivity contribution in [3.63, 3.8) is 0 Å². The third-order valence-electron chi connectivity index (χ3n) is 3.84. The second-order valence-corrected chi connectivity index (χ2v) is 5.40. The van der Waals surface area contributed by atoms with Crippen molar-refractivity contribution in [3.05, 3.63) is 34.4 Å². The molecule has 1 heteroatoms. The molecule has 0 spiro atoms. The molecule has 1 atom stereocenters. The van der Waals surface area contributed by atoms with E-state index in [2.05, 4.69) is 38.2 Å². The monoisotopic (exact) mass is 231 g/mol. The van der Waals surface area contributed by atoms with Gasteiger partial charge in [-0.25, -0.2) is 0 Å². The molecular weight excluding hydrogens is 206 g/mol. The summed E-state index contributed by atoms with van der Waals surface area (Å²) in [6, 6.07) is 5.33. The number of benzene rings is 1. The molecule has 1 aromatic carbocycles. The molecule has 2 rings (SSSR count). The summed E-state index contributed by atoms with van der Waals surface area (Å²) in [5, 5.41) is 3.72. The lowest BCUT2D eigenvalue weighted by molar-refractivity contribution is 0.489. The van der Waals surface area contributed by atoms with Crippen LogP contribution < -0.4 is 5.32 Å². The zero-order valence-corrected chi connectivity index (χ0v) is 11.5. The van der Waals surface area contributed by atoms with Crippen LogP contribution in [0, 0.1) is 13.8 Å². The standard InChI is InChI=1S/C16H25N/c1-4-9-17-16-8-6-5-7-14-13(3)10-12(2)11-15(14)16/h10-11,16-17H,4-9H2,1-3H3. The molecule has 1 unspecified atom stereocenters. The van der Waals surface area contributed by atoms with E-state index in [1.807, 2.05) is 0 Å². The lowest BCUT2D eigenvalue weighted by Crippen LogP contribution is -2.22. The Morgan fingerprint density at radius 3 is 2.82 bits per heavy atom. The average Bonchev–Trinajstić information content (AvgIpc) is 2.49. The van der Waals surface area contributed by atoms with Gasteiger partial charge in [0, 0.05) is 6.04 Å². The topological polar surface area (TPSA) is 12.0 Å². The van der Waals surface area contributed by atoms with Crippen molar-refractivity contribution >= 4 is 0 Å². The van der Waals surface area contributed by atoms with Crippen LogP contribution in [0.5, 0.6) is 0 Å². The Labute approximate surface area is 106 Å². The summed E-state index contributed by atoms with van der Waals surface area (Å²) < 4.78 is 0. The SMILES string of the molecule is CCCNC1CCCCc2c(C)cc(C)cc21. The van der Waals surface area contributed by atoms with Gasteiger partial charge in [-0.05, 0) is 62.8 Å². The highest BCUT2D eigenvalue weighted by molar-refractivity contribution is 5.40. The third-order valence-corrected chi connectivity index (χ3v) is 3.84. The Balaban J connectivity index is 2.33. The van der Waals surface area contributed by atoms with Crippen LogP contribution in [-0.2, 0) is 6.42 Å². The van der Waals surface area contributed by atoms with Gasteiger partial charge in [0.2, 0.25) is 0 Å². The second-order valence-electron chi connectivity index (χ2n) is 5.40. The first-order chi connectivity index (χ1) is 8.22. The molecule has 1 aliphatic carbocycles. The highest BCUT2D eigenvalue weighted by Crippen LogP contribution is 2.31. The van der Waals surface area contributed by atoms with Gasteiger partial charge in [0.05, 0.1) is 0 Å². The predicted molar refractivity (Wildman–Crippen MR) is 74.5 cm³/mol. The molecule has 0 saturated carbocycles. The lowest BCUT2D eigenvalue weighted by atomic mass is 9.93. The van der Waals surface area contributed by atoms with Crippen LogP contribution in [0.2, 0.25) is 0 Å². The van der Waals surface area contributed by atoms with Crippen LogP contribution in [0.4, 0.5) is 0 Å². The van der Waals surface area contributed by atoms with Crippen LogP contribution in [-0.4, -0.2) is 6.54 Å². The van der Waals surface area contributed by atoms with Gasteiger partial charge in [-0.15, -0.1) is 0 Å². The number of hydrogen-bond donors (Lipinski definition) is 1. The maximum absolute atomic E-state index is 3.72. The van der Waals surface area contributed by atoms with Gasteiger partial charge in [0.25, 0.3) is 0 Å². The normalized spacial score (nSPS) is 19.8. The first-order valence-electron chi connectivity index (χ1n) is 7.05. The van der Waals surface area contributed by atoms with Crippen molar-refractivity contribution in [3.8, 4) is 0 Å². The Hall–Kier alpha value is -0.820. The summed E-state index contributed by atoms with van der Waals surface area (Å²) in [4.78, 5) is 0. The minimum atomic E-state index is 0.589. The van der Waals surface area contributed by atoms with Gasteiger partial charge < -0.3 is 5.32 Å². The van der Waals surface area contributed by atoms with E-state index in [1.165, 1.54) is 43.2 Å². The first kappa shape index (κ1) is 12.6. The van der Waals surface area contributed by atoms with Gasteiger partial charge in [-0.2, -0.15) is 0 Å². The van der Waals surface area contributed by atoms with Gasteiger partial charge in [-0.3, -0.25) is 0 Å². The number of fused-ring (bicyclic) bond motifs is 1. The highest BCUT2D eigenvalue weighted by Gasteiger charge is 2.19. The average molecular weight is 231 g/mol. The lowest BCUT2D eigenvalue weighted by Gasteiger charge is -2.21. The highest BCUT2D eigenvalue weighted by atomic mass is 14.9. The second kappa shape index (κ2) is 5.68. The quantitative estimate of drug-likeness (QED) is 0.773. The van der Waals surface area contributed by atoms with Crippen molar-refractivity contribution < 1.29 is 0 Å². The van der Waals surface area contributed by atoms with Crippen LogP contribution in [0.25, 0.3) is 0 Å². The Kier molecular flexibility index (Phi) is 4.22. The summed E-state index contributed by atoms with van der Waals surface area (Å²) in [6.07, 6.45) is 6.49. The zero-order chi connectivity index (χ0) is 12.3. The van der Waals surface area contributed by atoms with Crippen molar-refractivity contribution in [1.82, 2.24) is 5.32 Å². The zero-order valence-electron chi connectivity index (χ0n) is 11.5. The van der Waals surface area contributed by atoms with Crippen molar-refractivity contribution in [2.24, 2.45) is 0 Å². The minimum Gasteiger partial charge on any atom is -0.310 e. The molecule has 0 radical (unpaired) electrons. The number of rotatable bonds is 3. The predicted octanol–water partition coefficient (Wildman–Crippen LogP) is 4.07. The smallest absolute Gasteiger partial charge is 0.0323 e. The maximum atomic E-state index is 3.72. The summed E-state index contributed by atoms with van der Waals surface area (Å²) in [5.41, 5.74) is 6.09. The molecule has 0 amide bonds. The number of aryl methyl sites for hydroxylation is 2. The van der Waals surface area contributed by atoms with Crippen LogP contribution in [0.15, 0.2) is 12.1 Å². The number of hydrogen-bond acceptors (Lipinski definition) is 1. The molecule has 0 bridgehead atoms. The largest absolute Gasteiger partial charge is 0.310 e. The van der Waals surface area contributed by atoms with Crippen LogP contribution in [0.3, 0.4) is 0 Å². The van der Waals surface area contributed by atoms with Crippen LogP contribution >= 0.6 is 0 Å². The van der Waals surface area contributed by atoms with E-state index in [0.29, 0.717) is 6.04 Å². The molecule has 1 aromatic rings. The molecule has 0 saturated heterocycles. The Morgan fingerprint density at radius 2 is 2.06 bits per heavy atom. The van der Waals surface area contributed by atoms with Crippen molar-refractivity contribution in [1.29, 1.82) is 0 Å². The van der Waals surface area contributed by atoms with E-state index in [0.717, 1.165) is 6.54 Å². The minimum absolute atomic E-state index is 0.589. The maximum Gasteiger partial charge on any atom is 0.0323 e. The molecule has 1 N–H and O–H groups in total. The van der Waals surface area contributed by atoms with E-state index >= 15 is 0 Å². The Bertz CT molecular complexity index is 381. The van der Waals surface area contributed by atoms with Crippen molar-refractivity contribution in [2.45, 2.75) is 58.9 Å². The van der Waals surface area contributed by atoms with E-state index < -0.39 is 0 Å². The van der Waals surface area contributed by atoms with E-state index in [4.69, 9.17) is 0 Å². The fraction of sp³-hybridized carbons (Fsp3) is 0.625. The fourth-order valence-electron chi connectivity index (χ4n) is 3.02. The summed E-state index contributed by atoms with van der Waals surface area (Å²) in [7, 11) is 0. The molecule has 94 valence electrons. The van der Waals surface area contributed by atoms with Gasteiger partial charge in [0.15, 0.2) is 0 Å².